The van der Waals surface area contributed by atoms with E-state index in [0.717, 1.165) is 12.8 Å². The average molecular weight is 1030 g/mol. The fourth-order valence-corrected chi connectivity index (χ4v) is 7.66. The van der Waals surface area contributed by atoms with Gasteiger partial charge in [-0.15, -0.1) is 21.9 Å². The number of aromatic nitrogens is 1. The highest BCUT2D eigenvalue weighted by atomic mass is 19.2. The van der Waals surface area contributed by atoms with E-state index in [2.05, 4.69) is 6.92 Å². The molecule has 0 saturated heterocycles. The van der Waals surface area contributed by atoms with Gasteiger partial charge in [0.2, 0.25) is 12.3 Å². The number of Topliss-reactive ketones (excluding diaryl/α,β-unsaturated/α-hetero) is 1. The summed E-state index contributed by atoms with van der Waals surface area (Å²) in [4.78, 5) is 24.8. The second kappa shape index (κ2) is 22.4. The van der Waals surface area contributed by atoms with Gasteiger partial charge < -0.3 is 4.74 Å². The zero-order valence-electron chi connectivity index (χ0n) is 35.7. The van der Waals surface area contributed by atoms with Crippen molar-refractivity contribution < 1.29 is 107 Å². The van der Waals surface area contributed by atoms with Crippen LogP contribution in [0.25, 0.3) is 0 Å². The van der Waals surface area contributed by atoms with Crippen LogP contribution in [0.4, 0.5) is 87.8 Å². The molecule has 6 aromatic rings. The molecule has 25 heteroatoms. The molecule has 0 aliphatic carbocycles. The van der Waals surface area contributed by atoms with E-state index in [4.69, 9.17) is 4.74 Å². The molecule has 0 radical (unpaired) electrons. The SMILES string of the molecule is CCCCCCCCOC(=O)c1cccc[n+]1CC(=O)c1ccccc1.Fc1c(F)c(F)c([B-](c2c(F)c(F)c(F)c(F)c2F)(c2c(F)c(F)c(F)c(F)c2F)c2c(F)c(F)c(F)c(F)c2F)c(F)c1F. The van der Waals surface area contributed by atoms with Gasteiger partial charge in [-0.1, -0.05) is 69.4 Å². The highest BCUT2D eigenvalue weighted by Gasteiger charge is 2.52. The van der Waals surface area contributed by atoms with Crippen molar-refractivity contribution in [2.75, 3.05) is 6.61 Å². The number of nitrogens with zero attached hydrogens (tertiary/aromatic N) is 1. The minimum absolute atomic E-state index is 0.0354. The lowest BCUT2D eigenvalue weighted by molar-refractivity contribution is -0.685. The Morgan fingerprint density at radius 2 is 0.718 bits per heavy atom. The Morgan fingerprint density at radius 3 is 1.07 bits per heavy atom. The molecule has 378 valence electrons. The number of unbranched alkanes of at least 4 members (excludes halogenated alkanes) is 5. The number of ketones is 1. The maximum Gasteiger partial charge on any atom is 0.403 e. The van der Waals surface area contributed by atoms with Crippen LogP contribution in [-0.4, -0.2) is 24.5 Å². The molecule has 0 amide bonds. The smallest absolute Gasteiger partial charge is 0.403 e. The van der Waals surface area contributed by atoms with E-state index in [9.17, 15) is 62.3 Å². The van der Waals surface area contributed by atoms with Gasteiger partial charge in [0.1, 0.15) is 52.7 Å². The number of benzene rings is 5. The third-order valence-corrected chi connectivity index (χ3v) is 11.0. The molecule has 0 fully saturated rings. The van der Waals surface area contributed by atoms with Crippen LogP contribution >= 0.6 is 0 Å². The van der Waals surface area contributed by atoms with Gasteiger partial charge in [0, 0.05) is 17.7 Å². The van der Waals surface area contributed by atoms with E-state index in [0.29, 0.717) is 17.9 Å². The third-order valence-electron chi connectivity index (χ3n) is 11.0. The van der Waals surface area contributed by atoms with Crippen LogP contribution in [0.5, 0.6) is 0 Å². The molecule has 1 heterocycles. The molecule has 0 atom stereocenters. The van der Waals surface area contributed by atoms with Crippen LogP contribution in [0, 0.1) is 116 Å². The third kappa shape index (κ3) is 10.0. The highest BCUT2D eigenvalue weighted by Crippen LogP contribution is 2.31. The van der Waals surface area contributed by atoms with Gasteiger partial charge in [-0.3, -0.25) is 4.79 Å². The molecule has 6 rings (SSSR count). The number of pyridine rings is 1. The maximum absolute atomic E-state index is 15.4. The molecule has 0 N–H and O–H groups in total. The largest absolute Gasteiger partial charge is 0.458 e. The lowest BCUT2D eigenvalue weighted by Gasteiger charge is -2.44. The standard InChI is InChI=1S/C24BF20.C22H28NO3/c26-5-1(6(27)14(35)21(42)13(5)34)25(2-7(28)15(36)22(43)16(37)8(2)29,3-9(30)17(38)23(44)18(39)10(3)31)4-11(32)19(40)24(45)20(41)12(4)33;1-2-3-4-5-6-12-17-26-22(25)20-15-10-11-16-23(20)18-21(24)19-13-8-7-9-14-19/h;7-11,13-16H,2-6,12,17-18H2,1H3/q-1;+1. The van der Waals surface area contributed by atoms with E-state index in [1.807, 2.05) is 24.3 Å². The quantitative estimate of drug-likeness (QED) is 0.0151. The van der Waals surface area contributed by atoms with Crippen LogP contribution in [0.2, 0.25) is 0 Å². The monoisotopic (exact) mass is 1030 g/mol. The van der Waals surface area contributed by atoms with Crippen LogP contribution in [0.3, 0.4) is 0 Å². The Bertz CT molecular complexity index is 2650. The van der Waals surface area contributed by atoms with E-state index < -0.39 is 144 Å². The van der Waals surface area contributed by atoms with Gasteiger partial charge in [0.05, 0.1) is 6.61 Å². The molecule has 4 nitrogen and oxygen atoms in total. The van der Waals surface area contributed by atoms with Crippen molar-refractivity contribution in [3.05, 3.63) is 182 Å². The predicted octanol–water partition coefficient (Wildman–Crippen LogP) is 10.2. The zero-order chi connectivity index (χ0) is 53.0. The summed E-state index contributed by atoms with van der Waals surface area (Å²) in [5.41, 5.74) is -13.3. The number of carbonyl (C=O) groups excluding carboxylic acids is 2. The molecule has 0 aliphatic heterocycles. The number of esters is 1. The summed E-state index contributed by atoms with van der Waals surface area (Å²) in [7, 11) is 0. The van der Waals surface area contributed by atoms with Gasteiger partial charge in [-0.2, -0.15) is 4.57 Å². The number of halogens is 20. The lowest BCUT2D eigenvalue weighted by atomic mass is 9.12. The summed E-state index contributed by atoms with van der Waals surface area (Å²) >= 11 is 0. The van der Waals surface area contributed by atoms with Gasteiger partial charge in [0.15, 0.2) is 76.0 Å². The number of ether oxygens (including phenoxy) is 1. The van der Waals surface area contributed by atoms with E-state index in [1.165, 1.54) is 25.7 Å². The second-order valence-corrected chi connectivity index (χ2v) is 15.2. The summed E-state index contributed by atoms with van der Waals surface area (Å²) < 4.78 is 301. The second-order valence-electron chi connectivity index (χ2n) is 15.2. The van der Waals surface area contributed by atoms with Gasteiger partial charge in [0.25, 0.3) is 5.69 Å². The van der Waals surface area contributed by atoms with E-state index in [-0.39, 0.29) is 18.3 Å². The number of hydrogen-bond acceptors (Lipinski definition) is 3. The first-order chi connectivity index (χ1) is 33.4. The molecule has 1 aromatic heterocycles. The summed E-state index contributed by atoms with van der Waals surface area (Å²) in [6, 6.07) is 14.4. The van der Waals surface area contributed by atoms with Crippen molar-refractivity contribution >= 4 is 39.7 Å². The number of carbonyl (C=O) groups is 2. The average Bonchev–Trinajstić information content (AvgIpc) is 3.36. The Labute approximate surface area is 387 Å². The maximum atomic E-state index is 15.4. The zero-order valence-corrected chi connectivity index (χ0v) is 35.7. The van der Waals surface area contributed by atoms with E-state index >= 15 is 35.1 Å². The molecular formula is C46H28BF20NO3. The molecule has 0 spiro atoms. The summed E-state index contributed by atoms with van der Waals surface area (Å²) in [6.45, 7) is 2.73. The van der Waals surface area contributed by atoms with Gasteiger partial charge in [-0.25, -0.2) is 92.6 Å². The van der Waals surface area contributed by atoms with Crippen molar-refractivity contribution in [3.8, 4) is 0 Å². The predicted molar refractivity (Wildman–Crippen MR) is 210 cm³/mol. The summed E-state index contributed by atoms with van der Waals surface area (Å²) in [5, 5.41) is 0. The first-order valence-corrected chi connectivity index (χ1v) is 20.4. The van der Waals surface area contributed by atoms with Crippen molar-refractivity contribution in [1.29, 1.82) is 0 Å². The molecule has 0 unspecified atom stereocenters. The van der Waals surface area contributed by atoms with Crippen LogP contribution in [0.1, 0.15) is 66.3 Å². The Hall–Kier alpha value is -6.95. The molecule has 0 aliphatic rings. The van der Waals surface area contributed by atoms with Crippen molar-refractivity contribution in [3.63, 3.8) is 0 Å². The van der Waals surface area contributed by atoms with Crippen LogP contribution < -0.4 is 26.4 Å². The minimum atomic E-state index is -7.22. The van der Waals surface area contributed by atoms with Gasteiger partial charge >= 0.3 is 5.97 Å². The molecule has 0 bridgehead atoms. The Balaban J connectivity index is 0.000000306. The Kier molecular flexibility index (Phi) is 17.4. The fourth-order valence-electron chi connectivity index (χ4n) is 7.66. The van der Waals surface area contributed by atoms with Crippen LogP contribution in [0.15, 0.2) is 54.7 Å². The van der Waals surface area contributed by atoms with Crippen molar-refractivity contribution in [1.82, 2.24) is 0 Å². The lowest BCUT2D eigenvalue weighted by Crippen LogP contribution is -2.81. The van der Waals surface area contributed by atoms with Crippen molar-refractivity contribution in [2.45, 2.75) is 52.0 Å². The minimum Gasteiger partial charge on any atom is -0.458 e. The fraction of sp³-hybridized carbons (Fsp3) is 0.196. The normalized spacial score (nSPS) is 11.5. The van der Waals surface area contributed by atoms with Crippen LogP contribution in [-0.2, 0) is 11.3 Å². The topological polar surface area (TPSA) is 47.2 Å². The number of hydrogen-bond donors (Lipinski definition) is 0. The molecular weight excluding hydrogens is 1010 g/mol. The molecule has 5 aromatic carbocycles. The highest BCUT2D eigenvalue weighted by molar-refractivity contribution is 7.20. The first-order valence-electron chi connectivity index (χ1n) is 20.4. The van der Waals surface area contributed by atoms with E-state index in [1.54, 1.807) is 35.0 Å². The Morgan fingerprint density at radius 1 is 0.408 bits per heavy atom. The van der Waals surface area contributed by atoms with Crippen molar-refractivity contribution in [2.24, 2.45) is 0 Å². The summed E-state index contributed by atoms with van der Waals surface area (Å²) in [6.07, 6.45) is 1.39. The van der Waals surface area contributed by atoms with Gasteiger partial charge in [-0.05, 0) is 12.5 Å². The molecule has 71 heavy (non-hydrogen) atoms. The molecule has 0 saturated carbocycles. The summed E-state index contributed by atoms with van der Waals surface area (Å²) in [5.74, 6) is -71.8. The number of rotatable bonds is 15. The first kappa shape index (κ1) is 55.0.